The van der Waals surface area contributed by atoms with E-state index in [-0.39, 0.29) is 0 Å². The molecule has 0 radical (unpaired) electrons. The molecular formula is C15H21Cl4NO. The first-order chi connectivity index (χ1) is 9.97. The topological polar surface area (TPSA) is 21.3 Å². The standard InChI is InChI=1S/C15H21Cl4NO/c1-10(5-6-20-7-8-21-2)3-4-11-12(16)9-13(17)15(19)14(11)18/h9-10,20H,3-8H2,1-2H3. The number of hydrogen-bond acceptors (Lipinski definition) is 2. The van der Waals surface area contributed by atoms with Gasteiger partial charge in [0.25, 0.3) is 0 Å². The van der Waals surface area contributed by atoms with Crippen molar-refractivity contribution in [2.75, 3.05) is 26.8 Å². The summed E-state index contributed by atoms with van der Waals surface area (Å²) in [7, 11) is 1.70. The summed E-state index contributed by atoms with van der Waals surface area (Å²) in [6, 6.07) is 1.66. The summed E-state index contributed by atoms with van der Waals surface area (Å²) < 4.78 is 4.99. The lowest BCUT2D eigenvalue weighted by atomic mass is 9.98. The Hall–Kier alpha value is 0.300. The maximum atomic E-state index is 6.22. The molecule has 1 rings (SSSR count). The van der Waals surface area contributed by atoms with Gasteiger partial charge >= 0.3 is 0 Å². The zero-order valence-corrected chi connectivity index (χ0v) is 15.3. The normalized spacial score (nSPS) is 12.7. The molecule has 1 unspecified atom stereocenters. The molecule has 0 aliphatic carbocycles. The summed E-state index contributed by atoms with van der Waals surface area (Å²) in [5, 5.41) is 5.17. The van der Waals surface area contributed by atoms with Gasteiger partial charge in [-0.05, 0) is 43.4 Å². The molecule has 1 atom stereocenters. The van der Waals surface area contributed by atoms with Crippen molar-refractivity contribution in [2.24, 2.45) is 5.92 Å². The maximum Gasteiger partial charge on any atom is 0.0782 e. The second-order valence-electron chi connectivity index (χ2n) is 5.12. The van der Waals surface area contributed by atoms with Crippen molar-refractivity contribution in [2.45, 2.75) is 26.2 Å². The predicted octanol–water partition coefficient (Wildman–Crippen LogP) is 5.50. The third-order valence-corrected chi connectivity index (χ3v) is 5.03. The van der Waals surface area contributed by atoms with Crippen LogP contribution in [0.3, 0.4) is 0 Å². The van der Waals surface area contributed by atoms with Gasteiger partial charge in [-0.3, -0.25) is 0 Å². The van der Waals surface area contributed by atoms with Crippen molar-refractivity contribution >= 4 is 46.4 Å². The molecule has 6 heteroatoms. The van der Waals surface area contributed by atoms with Gasteiger partial charge in [0.1, 0.15) is 0 Å². The maximum absolute atomic E-state index is 6.22. The average molecular weight is 373 g/mol. The number of rotatable bonds is 9. The van der Waals surface area contributed by atoms with Crippen LogP contribution in [0.4, 0.5) is 0 Å². The Morgan fingerprint density at radius 2 is 1.76 bits per heavy atom. The van der Waals surface area contributed by atoms with Crippen molar-refractivity contribution < 1.29 is 4.74 Å². The summed E-state index contributed by atoms with van der Waals surface area (Å²) in [4.78, 5) is 0. The van der Waals surface area contributed by atoms with Crippen LogP contribution in [0, 0.1) is 5.92 Å². The van der Waals surface area contributed by atoms with Crippen LogP contribution in [-0.2, 0) is 11.2 Å². The van der Waals surface area contributed by atoms with Crippen LogP contribution in [-0.4, -0.2) is 26.8 Å². The highest BCUT2D eigenvalue weighted by molar-refractivity contribution is 6.49. The average Bonchev–Trinajstić information content (AvgIpc) is 2.44. The second kappa shape index (κ2) is 10.1. The fraction of sp³-hybridized carbons (Fsp3) is 0.600. The minimum absolute atomic E-state index is 0.381. The van der Waals surface area contributed by atoms with Crippen LogP contribution in [0.1, 0.15) is 25.3 Å². The molecular weight excluding hydrogens is 352 g/mol. The van der Waals surface area contributed by atoms with Gasteiger partial charge in [-0.1, -0.05) is 53.3 Å². The summed E-state index contributed by atoms with van der Waals surface area (Å²) >= 11 is 24.4. The van der Waals surface area contributed by atoms with E-state index in [4.69, 9.17) is 51.1 Å². The summed E-state index contributed by atoms with van der Waals surface area (Å²) in [6.45, 7) is 4.82. The number of ether oxygens (including phenoxy) is 1. The molecule has 21 heavy (non-hydrogen) atoms. The highest BCUT2D eigenvalue weighted by Crippen LogP contribution is 2.38. The Balaban J connectivity index is 2.43. The third-order valence-electron chi connectivity index (χ3n) is 3.39. The highest BCUT2D eigenvalue weighted by Gasteiger charge is 2.14. The van der Waals surface area contributed by atoms with Gasteiger partial charge in [0.15, 0.2) is 0 Å². The van der Waals surface area contributed by atoms with E-state index >= 15 is 0 Å². The lowest BCUT2D eigenvalue weighted by molar-refractivity contribution is 0.199. The fourth-order valence-corrected chi connectivity index (χ4v) is 3.14. The highest BCUT2D eigenvalue weighted by atomic mass is 35.5. The summed E-state index contributed by atoms with van der Waals surface area (Å²) in [5.74, 6) is 0.571. The van der Waals surface area contributed by atoms with E-state index in [0.29, 0.717) is 26.0 Å². The Bertz CT molecular complexity index is 454. The SMILES string of the molecule is COCCNCCC(C)CCc1c(Cl)cc(Cl)c(Cl)c1Cl. The van der Waals surface area contributed by atoms with Gasteiger partial charge in [0.05, 0.1) is 21.7 Å². The van der Waals surface area contributed by atoms with Crippen molar-refractivity contribution in [1.29, 1.82) is 0 Å². The molecule has 0 amide bonds. The molecule has 0 aliphatic rings. The largest absolute Gasteiger partial charge is 0.383 e. The fourth-order valence-electron chi connectivity index (χ4n) is 2.02. The first-order valence-electron chi connectivity index (χ1n) is 6.98. The molecule has 0 bridgehead atoms. The van der Waals surface area contributed by atoms with Crippen LogP contribution < -0.4 is 5.32 Å². The Labute approximate surface area is 147 Å². The number of hydrogen-bond donors (Lipinski definition) is 1. The van der Waals surface area contributed by atoms with E-state index < -0.39 is 0 Å². The Morgan fingerprint density at radius 1 is 1.05 bits per heavy atom. The van der Waals surface area contributed by atoms with Crippen LogP contribution in [0.5, 0.6) is 0 Å². The molecule has 0 aromatic heterocycles. The molecule has 0 saturated heterocycles. The van der Waals surface area contributed by atoms with E-state index in [1.807, 2.05) is 0 Å². The molecule has 0 saturated carbocycles. The zero-order valence-electron chi connectivity index (χ0n) is 12.3. The molecule has 0 fully saturated rings. The van der Waals surface area contributed by atoms with Gasteiger partial charge in [0.2, 0.25) is 0 Å². The first-order valence-corrected chi connectivity index (χ1v) is 8.50. The minimum atomic E-state index is 0.381. The van der Waals surface area contributed by atoms with Crippen LogP contribution in [0.2, 0.25) is 20.1 Å². The molecule has 0 aliphatic heterocycles. The first kappa shape index (κ1) is 19.3. The molecule has 120 valence electrons. The monoisotopic (exact) mass is 371 g/mol. The Kier molecular flexibility index (Phi) is 9.35. The van der Waals surface area contributed by atoms with Gasteiger partial charge < -0.3 is 10.1 Å². The number of benzene rings is 1. The van der Waals surface area contributed by atoms with Crippen LogP contribution >= 0.6 is 46.4 Å². The van der Waals surface area contributed by atoms with E-state index in [1.54, 1.807) is 13.2 Å². The second-order valence-corrected chi connectivity index (χ2v) is 6.69. The molecule has 1 N–H and O–H groups in total. The number of nitrogens with one attached hydrogen (secondary N) is 1. The van der Waals surface area contributed by atoms with Crippen LogP contribution in [0.25, 0.3) is 0 Å². The molecule has 1 aromatic carbocycles. The predicted molar refractivity (Wildman–Crippen MR) is 93.3 cm³/mol. The molecule has 0 spiro atoms. The third kappa shape index (κ3) is 6.52. The lowest BCUT2D eigenvalue weighted by Crippen LogP contribution is -2.21. The van der Waals surface area contributed by atoms with E-state index in [1.165, 1.54) is 0 Å². The van der Waals surface area contributed by atoms with E-state index in [2.05, 4.69) is 12.2 Å². The summed E-state index contributed by atoms with van der Waals surface area (Å²) in [5.41, 5.74) is 0.881. The lowest BCUT2D eigenvalue weighted by Gasteiger charge is -2.14. The zero-order chi connectivity index (χ0) is 15.8. The van der Waals surface area contributed by atoms with E-state index in [0.717, 1.165) is 44.5 Å². The van der Waals surface area contributed by atoms with Crippen LogP contribution in [0.15, 0.2) is 6.07 Å². The Morgan fingerprint density at radius 3 is 2.43 bits per heavy atom. The number of methoxy groups -OCH3 is 1. The summed E-state index contributed by atoms with van der Waals surface area (Å²) in [6.07, 6.45) is 2.90. The molecule has 1 aromatic rings. The quantitative estimate of drug-likeness (QED) is 0.351. The van der Waals surface area contributed by atoms with Crippen molar-refractivity contribution in [3.8, 4) is 0 Å². The van der Waals surface area contributed by atoms with Gasteiger partial charge in [0, 0.05) is 18.7 Å². The van der Waals surface area contributed by atoms with Gasteiger partial charge in [-0.25, -0.2) is 0 Å². The number of halogens is 4. The smallest absolute Gasteiger partial charge is 0.0782 e. The molecule has 0 heterocycles. The van der Waals surface area contributed by atoms with E-state index in [9.17, 15) is 0 Å². The molecule has 2 nitrogen and oxygen atoms in total. The van der Waals surface area contributed by atoms with Crippen molar-refractivity contribution in [1.82, 2.24) is 5.32 Å². The minimum Gasteiger partial charge on any atom is -0.383 e. The van der Waals surface area contributed by atoms with Gasteiger partial charge in [-0.2, -0.15) is 0 Å². The van der Waals surface area contributed by atoms with Crippen molar-refractivity contribution in [3.05, 3.63) is 31.7 Å². The van der Waals surface area contributed by atoms with Crippen molar-refractivity contribution in [3.63, 3.8) is 0 Å². The van der Waals surface area contributed by atoms with Gasteiger partial charge in [-0.15, -0.1) is 0 Å².